The zero-order chi connectivity index (χ0) is 10.1. The summed E-state index contributed by atoms with van der Waals surface area (Å²) >= 11 is 0. The van der Waals surface area contributed by atoms with Gasteiger partial charge in [0.15, 0.2) is 6.29 Å². The summed E-state index contributed by atoms with van der Waals surface area (Å²) in [7, 11) is 3.46. The summed E-state index contributed by atoms with van der Waals surface area (Å²) in [5.41, 5.74) is 0. The summed E-state index contributed by atoms with van der Waals surface area (Å²) in [4.78, 5) is 8.94. The average molecular weight is 206 g/mol. The topological polar surface area (TPSA) is 65.0 Å². The molecule has 4 atom stereocenters. The van der Waals surface area contributed by atoms with E-state index >= 15 is 0 Å². The molecule has 0 amide bonds. The summed E-state index contributed by atoms with van der Waals surface area (Å²) in [6.07, 6.45) is -0.659. The summed E-state index contributed by atoms with van der Waals surface area (Å²) in [6.45, 7) is 1.11. The van der Waals surface area contributed by atoms with Crippen LogP contribution in [0.3, 0.4) is 0 Å². The second-order valence-corrected chi connectivity index (χ2v) is 4.77. The van der Waals surface area contributed by atoms with Crippen molar-refractivity contribution < 1.29 is 23.5 Å². The minimum Gasteiger partial charge on any atom is -0.356 e. The van der Waals surface area contributed by atoms with Crippen molar-refractivity contribution >= 4 is 15.4 Å². The predicted molar refractivity (Wildman–Crippen MR) is 46.7 cm³/mol. The molecule has 0 bridgehead atoms. The first-order valence-corrected chi connectivity index (χ1v) is 5.87. The predicted octanol–water partition coefficient (Wildman–Crippen LogP) is 0.0742. The van der Waals surface area contributed by atoms with Gasteiger partial charge in [0.1, 0.15) is 7.85 Å². The van der Waals surface area contributed by atoms with E-state index in [0.29, 0.717) is 6.42 Å². The van der Waals surface area contributed by atoms with Gasteiger partial charge in [-0.25, -0.2) is 0 Å². The molecular formula is C6H12BO5P. The lowest BCUT2D eigenvalue weighted by Gasteiger charge is -2.16. The highest BCUT2D eigenvalue weighted by Crippen LogP contribution is 2.41. The van der Waals surface area contributed by atoms with Crippen molar-refractivity contribution in [2.75, 3.05) is 13.8 Å². The van der Waals surface area contributed by atoms with Crippen LogP contribution in [-0.4, -0.2) is 44.9 Å². The molecule has 7 heteroatoms. The third kappa shape index (κ3) is 3.40. The molecule has 1 rings (SSSR count). The number of rotatable bonds is 3. The van der Waals surface area contributed by atoms with Gasteiger partial charge in [-0.3, -0.25) is 4.57 Å². The molecule has 1 heterocycles. The van der Waals surface area contributed by atoms with Crippen LogP contribution in [0.2, 0.25) is 0 Å². The molecule has 13 heavy (non-hydrogen) atoms. The molecule has 0 spiro atoms. The van der Waals surface area contributed by atoms with Crippen LogP contribution in [0.4, 0.5) is 0 Å². The summed E-state index contributed by atoms with van der Waals surface area (Å²) in [5.74, 6) is 0. The van der Waals surface area contributed by atoms with E-state index < -0.39 is 26.0 Å². The van der Waals surface area contributed by atoms with Gasteiger partial charge in [-0.1, -0.05) is 0 Å². The van der Waals surface area contributed by atoms with E-state index in [-0.39, 0.29) is 0 Å². The second-order valence-electron chi connectivity index (χ2n) is 2.95. The van der Waals surface area contributed by atoms with Crippen molar-refractivity contribution in [3.63, 3.8) is 0 Å². The van der Waals surface area contributed by atoms with Gasteiger partial charge < -0.3 is 18.9 Å². The lowest BCUT2D eigenvalue weighted by molar-refractivity contribution is -0.0980. The first kappa shape index (κ1) is 11.2. The highest BCUT2D eigenvalue weighted by molar-refractivity contribution is 7.51. The fraction of sp³-hybridized carbons (Fsp3) is 1.00. The van der Waals surface area contributed by atoms with Gasteiger partial charge in [0, 0.05) is 26.2 Å². The molecule has 0 aliphatic carbocycles. The average Bonchev–Trinajstić information content (AvgIpc) is 2.29. The van der Waals surface area contributed by atoms with Crippen molar-refractivity contribution in [1.82, 2.24) is 0 Å². The van der Waals surface area contributed by atoms with Crippen molar-refractivity contribution in [1.29, 1.82) is 0 Å². The quantitative estimate of drug-likeness (QED) is 0.522. The van der Waals surface area contributed by atoms with Crippen LogP contribution in [0.5, 0.6) is 0 Å². The minimum absolute atomic E-state index is 0.371. The molecule has 5 nitrogen and oxygen atoms in total. The van der Waals surface area contributed by atoms with Gasteiger partial charge in [-0.2, -0.15) is 0 Å². The Balaban J connectivity index is 2.48. The van der Waals surface area contributed by atoms with E-state index in [4.69, 9.17) is 26.7 Å². The van der Waals surface area contributed by atoms with Crippen LogP contribution >= 0.6 is 7.60 Å². The Morgan fingerprint density at radius 3 is 2.69 bits per heavy atom. The van der Waals surface area contributed by atoms with E-state index in [0.717, 1.165) is 6.66 Å². The molecular weight excluding hydrogens is 194 g/mol. The maximum Gasteiger partial charge on any atom is 0.325 e. The second kappa shape index (κ2) is 4.11. The van der Waals surface area contributed by atoms with Crippen molar-refractivity contribution in [3.05, 3.63) is 0 Å². The standard InChI is InChI=1S/C6H12BO5P/c1-10-5-3-4(6(7)11-5)12-13(2,8)9/h4-6H,3H2,1-2H3,(H,8,9)/t4?,5-,6+/m0/s1. The van der Waals surface area contributed by atoms with Gasteiger partial charge in [0.25, 0.3) is 0 Å². The molecule has 1 fully saturated rings. The summed E-state index contributed by atoms with van der Waals surface area (Å²) < 4.78 is 25.7. The first-order valence-electron chi connectivity index (χ1n) is 3.85. The highest BCUT2D eigenvalue weighted by Gasteiger charge is 2.35. The van der Waals surface area contributed by atoms with Crippen molar-refractivity contribution in [2.45, 2.75) is 24.8 Å². The molecule has 2 radical (unpaired) electrons. The van der Waals surface area contributed by atoms with E-state index in [1.54, 1.807) is 0 Å². The summed E-state index contributed by atoms with van der Waals surface area (Å²) in [5, 5.41) is 0. The van der Waals surface area contributed by atoms with Crippen LogP contribution in [0.1, 0.15) is 6.42 Å². The Morgan fingerprint density at radius 2 is 2.31 bits per heavy atom. The molecule has 1 N–H and O–H groups in total. The Bertz CT molecular complexity index is 217. The maximum atomic E-state index is 10.9. The Kier molecular flexibility index (Phi) is 3.54. The molecule has 0 aromatic carbocycles. The van der Waals surface area contributed by atoms with E-state index in [1.807, 2.05) is 0 Å². The molecule has 1 saturated heterocycles. The van der Waals surface area contributed by atoms with Gasteiger partial charge >= 0.3 is 7.60 Å². The van der Waals surface area contributed by atoms with E-state index in [1.165, 1.54) is 7.11 Å². The summed E-state index contributed by atoms with van der Waals surface area (Å²) in [6, 6.07) is -0.703. The Labute approximate surface area is 78.3 Å². The SMILES string of the molecule is [B][C@@H]1O[C@H](OC)CC1OP(C)(=O)O. The molecule has 2 unspecified atom stereocenters. The highest BCUT2D eigenvalue weighted by atomic mass is 31.2. The van der Waals surface area contributed by atoms with Gasteiger partial charge in [-0.15, -0.1) is 0 Å². The third-order valence-electron chi connectivity index (χ3n) is 1.69. The van der Waals surface area contributed by atoms with Crippen LogP contribution in [-0.2, 0) is 18.6 Å². The number of ether oxygens (including phenoxy) is 2. The number of hydrogen-bond acceptors (Lipinski definition) is 4. The Hall–Kier alpha value is 0.135. The first-order chi connectivity index (χ1) is 5.92. The van der Waals surface area contributed by atoms with Crippen molar-refractivity contribution in [2.24, 2.45) is 0 Å². The van der Waals surface area contributed by atoms with E-state index in [9.17, 15) is 4.57 Å². The maximum absolute atomic E-state index is 10.9. The monoisotopic (exact) mass is 206 g/mol. The molecule has 1 aliphatic rings. The van der Waals surface area contributed by atoms with Crippen LogP contribution < -0.4 is 0 Å². The fourth-order valence-electron chi connectivity index (χ4n) is 1.15. The third-order valence-corrected chi connectivity index (χ3v) is 2.36. The van der Waals surface area contributed by atoms with Gasteiger partial charge in [0.05, 0.1) is 6.10 Å². The van der Waals surface area contributed by atoms with Crippen LogP contribution in [0.15, 0.2) is 0 Å². The smallest absolute Gasteiger partial charge is 0.325 e. The van der Waals surface area contributed by atoms with Crippen LogP contribution in [0, 0.1) is 0 Å². The fourth-order valence-corrected chi connectivity index (χ4v) is 1.86. The van der Waals surface area contributed by atoms with E-state index in [2.05, 4.69) is 0 Å². The minimum atomic E-state index is -3.50. The number of methoxy groups -OCH3 is 1. The number of hydrogen-bond donors (Lipinski definition) is 1. The van der Waals surface area contributed by atoms with Gasteiger partial charge in [0.2, 0.25) is 0 Å². The normalized spacial score (nSPS) is 38.8. The Morgan fingerprint density at radius 1 is 1.69 bits per heavy atom. The van der Waals surface area contributed by atoms with Crippen LogP contribution in [0.25, 0.3) is 0 Å². The molecule has 1 aliphatic heterocycles. The zero-order valence-corrected chi connectivity index (χ0v) is 8.44. The largest absolute Gasteiger partial charge is 0.356 e. The van der Waals surface area contributed by atoms with Gasteiger partial charge in [-0.05, 0) is 0 Å². The molecule has 0 aromatic rings. The van der Waals surface area contributed by atoms with Crippen molar-refractivity contribution in [3.8, 4) is 0 Å². The lowest BCUT2D eigenvalue weighted by Crippen LogP contribution is -2.23. The molecule has 0 aromatic heterocycles. The molecule has 0 saturated carbocycles. The lowest BCUT2D eigenvalue weighted by atomic mass is 9.95. The zero-order valence-electron chi connectivity index (χ0n) is 7.54. The molecule has 74 valence electrons.